The van der Waals surface area contributed by atoms with E-state index in [1.807, 2.05) is 0 Å². The first-order valence-corrected chi connectivity index (χ1v) is 6.16. The molecule has 0 bridgehead atoms. The van der Waals surface area contributed by atoms with Crippen molar-refractivity contribution < 1.29 is 18.7 Å². The zero-order valence-corrected chi connectivity index (χ0v) is 11.1. The van der Waals surface area contributed by atoms with Gasteiger partial charge in [0.05, 0.1) is 18.8 Å². The molecule has 0 saturated carbocycles. The second kappa shape index (κ2) is 6.68. The average molecular weight is 288 g/mol. The second-order valence-corrected chi connectivity index (χ2v) is 4.40. The van der Waals surface area contributed by atoms with E-state index in [0.29, 0.717) is 11.3 Å². The van der Waals surface area contributed by atoms with Crippen LogP contribution in [-0.2, 0) is 11.3 Å². The molecule has 0 radical (unpaired) electrons. The van der Waals surface area contributed by atoms with Crippen LogP contribution in [0.1, 0.15) is 5.69 Å². The van der Waals surface area contributed by atoms with Gasteiger partial charge in [-0.1, -0.05) is 12.0 Å². The number of nitrogens with zero attached hydrogens (tertiary/aromatic N) is 2. The van der Waals surface area contributed by atoms with E-state index in [0.717, 1.165) is 0 Å². The Morgan fingerprint density at radius 1 is 1.52 bits per heavy atom. The monoisotopic (exact) mass is 288 g/mol. The minimum atomic E-state index is -0.973. The summed E-state index contributed by atoms with van der Waals surface area (Å²) >= 11 is 0. The van der Waals surface area contributed by atoms with Crippen molar-refractivity contribution in [1.82, 2.24) is 9.88 Å². The van der Waals surface area contributed by atoms with Crippen molar-refractivity contribution in [1.29, 1.82) is 0 Å². The smallest absolute Gasteiger partial charge is 0.317 e. The highest BCUT2D eigenvalue weighted by molar-refractivity contribution is 5.69. The summed E-state index contributed by atoms with van der Waals surface area (Å²) in [4.78, 5) is 16.5. The van der Waals surface area contributed by atoms with Crippen LogP contribution in [0.15, 0.2) is 34.9 Å². The zero-order chi connectivity index (χ0) is 15.2. The molecule has 0 saturated heterocycles. The lowest BCUT2D eigenvalue weighted by Gasteiger charge is -2.14. The molecule has 0 fully saturated rings. The van der Waals surface area contributed by atoms with E-state index in [2.05, 4.69) is 10.9 Å². The van der Waals surface area contributed by atoms with Crippen LogP contribution in [0, 0.1) is 18.2 Å². The Morgan fingerprint density at radius 3 is 3.00 bits per heavy atom. The molecule has 0 spiro atoms. The molecule has 0 aliphatic carbocycles. The Bertz CT molecular complexity index is 676. The van der Waals surface area contributed by atoms with Crippen LogP contribution in [0.3, 0.4) is 0 Å². The quantitative estimate of drug-likeness (QED) is 0.823. The molecule has 0 aliphatic rings. The van der Waals surface area contributed by atoms with Gasteiger partial charge < -0.3 is 9.52 Å². The molecular weight excluding hydrogens is 275 g/mol. The minimum Gasteiger partial charge on any atom is -0.480 e. The summed E-state index contributed by atoms with van der Waals surface area (Å²) in [6, 6.07) is 5.87. The van der Waals surface area contributed by atoms with Crippen LogP contribution in [-0.4, -0.2) is 34.0 Å². The van der Waals surface area contributed by atoms with Crippen LogP contribution < -0.4 is 0 Å². The Hall–Kier alpha value is -2.65. The zero-order valence-electron chi connectivity index (χ0n) is 11.1. The molecule has 1 aromatic carbocycles. The maximum atomic E-state index is 13.1. The van der Waals surface area contributed by atoms with Crippen LogP contribution in [0.2, 0.25) is 0 Å². The third-order valence-corrected chi connectivity index (χ3v) is 2.68. The largest absolute Gasteiger partial charge is 0.480 e. The molecule has 0 unspecified atom stereocenters. The highest BCUT2D eigenvalue weighted by atomic mass is 19.1. The fourth-order valence-corrected chi connectivity index (χ4v) is 1.85. The normalized spacial score (nSPS) is 10.5. The van der Waals surface area contributed by atoms with E-state index < -0.39 is 5.97 Å². The van der Waals surface area contributed by atoms with Crippen molar-refractivity contribution in [2.75, 3.05) is 13.1 Å². The number of aromatic nitrogens is 1. The van der Waals surface area contributed by atoms with Crippen LogP contribution in [0.5, 0.6) is 0 Å². The first kappa shape index (κ1) is 14.8. The van der Waals surface area contributed by atoms with Crippen molar-refractivity contribution >= 4 is 5.97 Å². The number of hydrogen-bond acceptors (Lipinski definition) is 4. The van der Waals surface area contributed by atoms with E-state index in [-0.39, 0.29) is 31.3 Å². The number of aliphatic carboxylic acids is 1. The van der Waals surface area contributed by atoms with E-state index in [1.54, 1.807) is 12.1 Å². The molecule has 5 nitrogen and oxygen atoms in total. The lowest BCUT2D eigenvalue weighted by Crippen LogP contribution is -2.29. The van der Waals surface area contributed by atoms with Gasteiger partial charge in [0, 0.05) is 12.1 Å². The van der Waals surface area contributed by atoms with E-state index in [1.165, 1.54) is 23.3 Å². The third-order valence-electron chi connectivity index (χ3n) is 2.68. The summed E-state index contributed by atoms with van der Waals surface area (Å²) < 4.78 is 18.4. The topological polar surface area (TPSA) is 66.6 Å². The van der Waals surface area contributed by atoms with Crippen molar-refractivity contribution in [3.05, 3.63) is 42.0 Å². The molecule has 108 valence electrons. The van der Waals surface area contributed by atoms with Gasteiger partial charge in [0.2, 0.25) is 5.89 Å². The molecule has 1 heterocycles. The number of carbonyl (C=O) groups is 1. The summed E-state index contributed by atoms with van der Waals surface area (Å²) in [5, 5.41) is 8.81. The first-order chi connectivity index (χ1) is 10.1. The summed E-state index contributed by atoms with van der Waals surface area (Å²) in [6.45, 7) is 0.246. The molecule has 21 heavy (non-hydrogen) atoms. The summed E-state index contributed by atoms with van der Waals surface area (Å²) in [5.41, 5.74) is 1.05. The van der Waals surface area contributed by atoms with Gasteiger partial charge in [-0.05, 0) is 18.2 Å². The van der Waals surface area contributed by atoms with Gasteiger partial charge in [0.15, 0.2) is 0 Å². The van der Waals surface area contributed by atoms with Gasteiger partial charge in [-0.2, -0.15) is 0 Å². The molecule has 6 heteroatoms. The van der Waals surface area contributed by atoms with Crippen molar-refractivity contribution in [2.45, 2.75) is 6.54 Å². The number of carboxylic acid groups (broad SMARTS) is 1. The van der Waals surface area contributed by atoms with Gasteiger partial charge in [-0.15, -0.1) is 6.42 Å². The van der Waals surface area contributed by atoms with Gasteiger partial charge in [0.25, 0.3) is 0 Å². The van der Waals surface area contributed by atoms with Crippen LogP contribution in [0.25, 0.3) is 11.5 Å². The molecule has 1 N–H and O–H groups in total. The van der Waals surface area contributed by atoms with Gasteiger partial charge in [0.1, 0.15) is 12.1 Å². The highest BCUT2D eigenvalue weighted by Crippen LogP contribution is 2.19. The Balaban J connectivity index is 2.12. The lowest BCUT2D eigenvalue weighted by atomic mass is 10.2. The Kier molecular flexibility index (Phi) is 4.69. The van der Waals surface area contributed by atoms with Crippen molar-refractivity contribution in [3.8, 4) is 23.8 Å². The first-order valence-electron chi connectivity index (χ1n) is 6.16. The highest BCUT2D eigenvalue weighted by Gasteiger charge is 2.13. The summed E-state index contributed by atoms with van der Waals surface area (Å²) in [5.74, 6) is 1.32. The Morgan fingerprint density at radius 2 is 2.33 bits per heavy atom. The van der Waals surface area contributed by atoms with Crippen molar-refractivity contribution in [3.63, 3.8) is 0 Å². The van der Waals surface area contributed by atoms with Crippen LogP contribution >= 0.6 is 0 Å². The van der Waals surface area contributed by atoms with Gasteiger partial charge >= 0.3 is 5.97 Å². The second-order valence-electron chi connectivity index (χ2n) is 4.40. The van der Waals surface area contributed by atoms with E-state index in [9.17, 15) is 9.18 Å². The molecule has 0 atom stereocenters. The standard InChI is InChI=1S/C15H13FN2O3/c1-2-6-18(9-14(19)20)8-13-10-21-15(17-13)11-4-3-5-12(16)7-11/h1,3-5,7,10H,6,8-9H2,(H,19,20). The Labute approximate surface area is 121 Å². The lowest BCUT2D eigenvalue weighted by molar-refractivity contribution is -0.138. The van der Waals surface area contributed by atoms with E-state index in [4.69, 9.17) is 15.9 Å². The number of oxazole rings is 1. The number of halogens is 1. The average Bonchev–Trinajstić information content (AvgIpc) is 2.87. The molecule has 1 aromatic heterocycles. The maximum Gasteiger partial charge on any atom is 0.317 e. The van der Waals surface area contributed by atoms with Crippen LogP contribution in [0.4, 0.5) is 4.39 Å². The van der Waals surface area contributed by atoms with Gasteiger partial charge in [-0.3, -0.25) is 9.69 Å². The summed E-state index contributed by atoms with van der Waals surface area (Å²) in [6.07, 6.45) is 6.61. The molecule has 2 aromatic rings. The van der Waals surface area contributed by atoms with E-state index >= 15 is 0 Å². The van der Waals surface area contributed by atoms with Gasteiger partial charge in [-0.25, -0.2) is 9.37 Å². The number of terminal acetylenes is 1. The maximum absolute atomic E-state index is 13.1. The number of benzene rings is 1. The number of rotatable bonds is 6. The predicted octanol–water partition coefficient (Wildman–Crippen LogP) is 2.00. The SMILES string of the molecule is C#CCN(CC(=O)O)Cc1coc(-c2cccc(F)c2)n1. The molecule has 0 aliphatic heterocycles. The fraction of sp³-hybridized carbons (Fsp3) is 0.200. The molecular formula is C15H13FN2O3. The fourth-order valence-electron chi connectivity index (χ4n) is 1.85. The number of carboxylic acids is 1. The summed E-state index contributed by atoms with van der Waals surface area (Å²) in [7, 11) is 0. The third kappa shape index (κ3) is 4.16. The molecule has 0 amide bonds. The number of hydrogen-bond donors (Lipinski definition) is 1. The molecule has 2 rings (SSSR count). The minimum absolute atomic E-state index is 0.188. The predicted molar refractivity (Wildman–Crippen MR) is 73.6 cm³/mol. The van der Waals surface area contributed by atoms with Crippen molar-refractivity contribution in [2.24, 2.45) is 0 Å².